The van der Waals surface area contributed by atoms with E-state index in [9.17, 15) is 18.0 Å². The highest BCUT2D eigenvalue weighted by atomic mass is 32.2. The lowest BCUT2D eigenvalue weighted by Gasteiger charge is -2.30. The van der Waals surface area contributed by atoms with Crippen molar-refractivity contribution < 1.29 is 18.0 Å². The Morgan fingerprint density at radius 1 is 1.12 bits per heavy atom. The number of nitrogens with zero attached hydrogens (tertiary/aromatic N) is 2. The fourth-order valence-corrected chi connectivity index (χ4v) is 5.47. The van der Waals surface area contributed by atoms with Crippen molar-refractivity contribution in [1.82, 2.24) is 9.21 Å². The lowest BCUT2D eigenvalue weighted by atomic mass is 10.0. The van der Waals surface area contributed by atoms with Gasteiger partial charge in [-0.05, 0) is 74.1 Å². The topological polar surface area (TPSA) is 86.8 Å². The van der Waals surface area contributed by atoms with Gasteiger partial charge in [-0.2, -0.15) is 4.31 Å². The maximum Gasteiger partial charge on any atom is 0.254 e. The summed E-state index contributed by atoms with van der Waals surface area (Å²) in [6.45, 7) is 6.87. The van der Waals surface area contributed by atoms with Crippen LogP contribution in [0.3, 0.4) is 0 Å². The van der Waals surface area contributed by atoms with Gasteiger partial charge in [0.05, 0.1) is 11.4 Å². The van der Waals surface area contributed by atoms with Crippen molar-refractivity contribution in [3.05, 3.63) is 59.2 Å². The van der Waals surface area contributed by atoms with E-state index < -0.39 is 10.0 Å². The highest BCUT2D eigenvalue weighted by molar-refractivity contribution is 7.89. The molecular formula is C24H31N3O4S. The van der Waals surface area contributed by atoms with Crippen molar-refractivity contribution in [2.75, 3.05) is 32.0 Å². The van der Waals surface area contributed by atoms with Crippen molar-refractivity contribution in [3.63, 3.8) is 0 Å². The second kappa shape index (κ2) is 9.83. The van der Waals surface area contributed by atoms with Crippen LogP contribution in [0.2, 0.25) is 0 Å². The zero-order valence-electron chi connectivity index (χ0n) is 19.1. The molecule has 1 aliphatic heterocycles. The quantitative estimate of drug-likeness (QED) is 0.720. The predicted molar refractivity (Wildman–Crippen MR) is 125 cm³/mol. The predicted octanol–water partition coefficient (Wildman–Crippen LogP) is 3.43. The van der Waals surface area contributed by atoms with Gasteiger partial charge in [-0.3, -0.25) is 9.59 Å². The molecule has 0 unspecified atom stereocenters. The summed E-state index contributed by atoms with van der Waals surface area (Å²) in [7, 11) is -2.03. The molecular weight excluding hydrogens is 426 g/mol. The number of carbonyl (C=O) groups excluding carboxylic acids is 2. The molecule has 1 saturated heterocycles. The molecule has 2 amide bonds. The van der Waals surface area contributed by atoms with Crippen molar-refractivity contribution in [3.8, 4) is 0 Å². The molecule has 1 fully saturated rings. The van der Waals surface area contributed by atoms with E-state index in [1.807, 2.05) is 32.0 Å². The SMILES string of the molecule is Cc1cccc(NC(=O)CN(C)C(=O)c2ccc(S(=O)(=O)N3CCC[C@@H](C)C3)cc2)c1C. The average molecular weight is 458 g/mol. The van der Waals surface area contributed by atoms with Crippen LogP contribution in [0.25, 0.3) is 0 Å². The summed E-state index contributed by atoms with van der Waals surface area (Å²) in [4.78, 5) is 26.7. The van der Waals surface area contributed by atoms with Crippen LogP contribution in [0.5, 0.6) is 0 Å². The van der Waals surface area contributed by atoms with Crippen molar-refractivity contribution in [1.29, 1.82) is 0 Å². The Hall–Kier alpha value is -2.71. The molecule has 0 saturated carbocycles. The van der Waals surface area contributed by atoms with Gasteiger partial charge in [-0.1, -0.05) is 19.1 Å². The third kappa shape index (κ3) is 5.37. The second-order valence-electron chi connectivity index (χ2n) is 8.59. The molecule has 3 rings (SSSR count). The average Bonchev–Trinajstić information content (AvgIpc) is 2.76. The summed E-state index contributed by atoms with van der Waals surface area (Å²) < 4.78 is 27.3. The van der Waals surface area contributed by atoms with Crippen LogP contribution in [0.1, 0.15) is 41.3 Å². The third-order valence-electron chi connectivity index (χ3n) is 5.96. The third-order valence-corrected chi connectivity index (χ3v) is 7.84. The summed E-state index contributed by atoms with van der Waals surface area (Å²) in [5.41, 5.74) is 3.10. The lowest BCUT2D eigenvalue weighted by Crippen LogP contribution is -2.39. The molecule has 0 aliphatic carbocycles. The molecule has 0 bridgehead atoms. The molecule has 1 aliphatic rings. The van der Waals surface area contributed by atoms with Gasteiger partial charge in [0.25, 0.3) is 5.91 Å². The van der Waals surface area contributed by atoms with Crippen molar-refractivity contribution in [2.24, 2.45) is 5.92 Å². The summed E-state index contributed by atoms with van der Waals surface area (Å²) in [6, 6.07) is 11.6. The maximum atomic E-state index is 12.9. The largest absolute Gasteiger partial charge is 0.332 e. The van der Waals surface area contributed by atoms with E-state index in [-0.39, 0.29) is 23.3 Å². The first-order chi connectivity index (χ1) is 15.1. The van der Waals surface area contributed by atoms with E-state index >= 15 is 0 Å². The van der Waals surface area contributed by atoms with E-state index in [1.165, 1.54) is 33.5 Å². The van der Waals surface area contributed by atoms with Crippen LogP contribution in [0, 0.1) is 19.8 Å². The van der Waals surface area contributed by atoms with Crippen LogP contribution in [0.15, 0.2) is 47.4 Å². The summed E-state index contributed by atoms with van der Waals surface area (Å²) in [5.74, 6) is -0.313. The van der Waals surface area contributed by atoms with Crippen LogP contribution >= 0.6 is 0 Å². The van der Waals surface area contributed by atoms with E-state index in [4.69, 9.17) is 0 Å². The number of likely N-dealkylation sites (N-methyl/N-ethyl adjacent to an activating group) is 1. The van der Waals surface area contributed by atoms with Gasteiger partial charge in [0.15, 0.2) is 0 Å². The van der Waals surface area contributed by atoms with Gasteiger partial charge < -0.3 is 10.2 Å². The Labute approximate surface area is 190 Å². The number of carbonyl (C=O) groups is 2. The molecule has 32 heavy (non-hydrogen) atoms. The summed E-state index contributed by atoms with van der Waals surface area (Å²) >= 11 is 0. The number of amides is 2. The summed E-state index contributed by atoms with van der Waals surface area (Å²) in [5, 5.41) is 2.84. The Balaban J connectivity index is 1.64. The highest BCUT2D eigenvalue weighted by Crippen LogP contribution is 2.24. The molecule has 7 nitrogen and oxygen atoms in total. The number of anilines is 1. The second-order valence-corrected chi connectivity index (χ2v) is 10.5. The van der Waals surface area contributed by atoms with Crippen LogP contribution in [0.4, 0.5) is 5.69 Å². The Bertz CT molecular complexity index is 1100. The first-order valence-electron chi connectivity index (χ1n) is 10.8. The molecule has 1 N–H and O–H groups in total. The van der Waals surface area contributed by atoms with Gasteiger partial charge >= 0.3 is 0 Å². The number of aryl methyl sites for hydroxylation is 1. The van der Waals surface area contributed by atoms with Gasteiger partial charge in [0.2, 0.25) is 15.9 Å². The number of hydrogen-bond donors (Lipinski definition) is 1. The van der Waals surface area contributed by atoms with Gasteiger partial charge in [0.1, 0.15) is 0 Å². The normalized spacial score (nSPS) is 17.1. The molecule has 1 heterocycles. The Morgan fingerprint density at radius 2 is 1.81 bits per heavy atom. The van der Waals surface area contributed by atoms with E-state index in [0.717, 1.165) is 29.7 Å². The monoisotopic (exact) mass is 457 g/mol. The zero-order chi connectivity index (χ0) is 23.5. The first-order valence-corrected chi connectivity index (χ1v) is 12.3. The standard InChI is InChI=1S/C24H31N3O4S/c1-17-7-6-14-27(15-17)32(30,31)21-12-10-20(11-13-21)24(29)26(4)16-23(28)25-22-9-5-8-18(2)19(22)3/h5,8-13,17H,6-7,14-16H2,1-4H3,(H,25,28)/t17-/m1/s1. The fraction of sp³-hybridized carbons (Fsp3) is 0.417. The minimum Gasteiger partial charge on any atom is -0.332 e. The van der Waals surface area contributed by atoms with E-state index in [0.29, 0.717) is 24.6 Å². The molecule has 1 atom stereocenters. The minimum absolute atomic E-state index is 0.113. The molecule has 0 aromatic heterocycles. The number of benzene rings is 2. The molecule has 0 radical (unpaired) electrons. The summed E-state index contributed by atoms with van der Waals surface area (Å²) in [6.07, 6.45) is 1.88. The van der Waals surface area contributed by atoms with Gasteiger partial charge in [-0.15, -0.1) is 0 Å². The van der Waals surface area contributed by atoms with Crippen LogP contribution in [-0.4, -0.2) is 56.1 Å². The number of hydrogen-bond acceptors (Lipinski definition) is 4. The highest BCUT2D eigenvalue weighted by Gasteiger charge is 2.28. The molecule has 0 spiro atoms. The number of piperidine rings is 1. The molecule has 172 valence electrons. The maximum absolute atomic E-state index is 12.9. The lowest BCUT2D eigenvalue weighted by molar-refractivity contribution is -0.116. The van der Waals surface area contributed by atoms with Gasteiger partial charge in [0, 0.05) is 31.4 Å². The zero-order valence-corrected chi connectivity index (χ0v) is 19.9. The minimum atomic E-state index is -3.57. The fourth-order valence-electron chi connectivity index (χ4n) is 3.87. The van der Waals surface area contributed by atoms with E-state index in [1.54, 1.807) is 7.05 Å². The van der Waals surface area contributed by atoms with Crippen LogP contribution < -0.4 is 5.32 Å². The van der Waals surface area contributed by atoms with Crippen molar-refractivity contribution in [2.45, 2.75) is 38.5 Å². The van der Waals surface area contributed by atoms with Gasteiger partial charge in [-0.25, -0.2) is 8.42 Å². The van der Waals surface area contributed by atoms with Crippen LogP contribution in [-0.2, 0) is 14.8 Å². The molecule has 2 aromatic carbocycles. The smallest absolute Gasteiger partial charge is 0.254 e. The van der Waals surface area contributed by atoms with Crippen molar-refractivity contribution >= 4 is 27.5 Å². The Kier molecular flexibility index (Phi) is 7.36. The number of nitrogens with one attached hydrogen (secondary N) is 1. The molecule has 8 heteroatoms. The first kappa shape index (κ1) is 23.9. The number of sulfonamides is 1. The number of rotatable bonds is 6. The van der Waals surface area contributed by atoms with E-state index in [2.05, 4.69) is 12.2 Å². The molecule has 2 aromatic rings. The Morgan fingerprint density at radius 3 is 2.47 bits per heavy atom.